The van der Waals surface area contributed by atoms with E-state index in [1.165, 1.54) is 43.3 Å². The summed E-state index contributed by atoms with van der Waals surface area (Å²) in [5, 5.41) is 0. The van der Waals surface area contributed by atoms with E-state index in [-0.39, 0.29) is 18.1 Å². The molecule has 1 aromatic heterocycles. The number of hydrogen-bond donors (Lipinski definition) is 0. The van der Waals surface area contributed by atoms with Gasteiger partial charge in [0.2, 0.25) is 5.91 Å². The van der Waals surface area contributed by atoms with Crippen molar-refractivity contribution in [2.45, 2.75) is 52.5 Å². The SMILES string of the molecule is Cc1cc(C)n(CC(=O)N2CCC[C@H](CN3CCCCC3)C2)c(=O)n1. The zero-order valence-electron chi connectivity index (χ0n) is 15.5. The van der Waals surface area contributed by atoms with Crippen molar-refractivity contribution < 1.29 is 4.79 Å². The molecule has 2 fully saturated rings. The fourth-order valence-electron chi connectivity index (χ4n) is 4.15. The van der Waals surface area contributed by atoms with Crippen molar-refractivity contribution in [3.05, 3.63) is 27.9 Å². The van der Waals surface area contributed by atoms with Gasteiger partial charge in [-0.15, -0.1) is 0 Å². The molecule has 138 valence electrons. The Morgan fingerprint density at radius 1 is 1.16 bits per heavy atom. The Morgan fingerprint density at radius 3 is 2.64 bits per heavy atom. The van der Waals surface area contributed by atoms with Gasteiger partial charge in [-0.1, -0.05) is 6.42 Å². The Hall–Kier alpha value is -1.69. The number of hydrogen-bond acceptors (Lipinski definition) is 4. The molecule has 1 amide bonds. The fraction of sp³-hybridized carbons (Fsp3) is 0.737. The predicted molar refractivity (Wildman–Crippen MR) is 97.6 cm³/mol. The lowest BCUT2D eigenvalue weighted by Gasteiger charge is -2.37. The summed E-state index contributed by atoms with van der Waals surface area (Å²) >= 11 is 0. The maximum Gasteiger partial charge on any atom is 0.348 e. The van der Waals surface area contributed by atoms with E-state index in [4.69, 9.17) is 0 Å². The van der Waals surface area contributed by atoms with Crippen LogP contribution >= 0.6 is 0 Å². The molecule has 0 bridgehead atoms. The van der Waals surface area contributed by atoms with Gasteiger partial charge in [-0.2, -0.15) is 4.98 Å². The predicted octanol–water partition coefficient (Wildman–Crippen LogP) is 1.58. The Morgan fingerprint density at radius 2 is 1.92 bits per heavy atom. The second-order valence-electron chi connectivity index (χ2n) is 7.62. The highest BCUT2D eigenvalue weighted by Crippen LogP contribution is 2.20. The topological polar surface area (TPSA) is 58.4 Å². The van der Waals surface area contributed by atoms with Crippen LogP contribution in [0.3, 0.4) is 0 Å². The minimum atomic E-state index is -0.326. The first-order chi connectivity index (χ1) is 12.0. The smallest absolute Gasteiger partial charge is 0.341 e. The average Bonchev–Trinajstić information content (AvgIpc) is 2.59. The Kier molecular flexibility index (Phi) is 5.89. The molecule has 6 heteroatoms. The van der Waals surface area contributed by atoms with Gasteiger partial charge in [0.05, 0.1) is 0 Å². The first-order valence-electron chi connectivity index (χ1n) is 9.58. The Balaban J connectivity index is 1.59. The van der Waals surface area contributed by atoms with Crippen LogP contribution in [0, 0.1) is 19.8 Å². The summed E-state index contributed by atoms with van der Waals surface area (Å²) in [4.78, 5) is 33.3. The zero-order chi connectivity index (χ0) is 17.8. The third-order valence-corrected chi connectivity index (χ3v) is 5.48. The van der Waals surface area contributed by atoms with Gasteiger partial charge in [-0.3, -0.25) is 9.36 Å². The van der Waals surface area contributed by atoms with Gasteiger partial charge >= 0.3 is 5.69 Å². The van der Waals surface area contributed by atoms with Gasteiger partial charge in [-0.05, 0) is 64.6 Å². The fourth-order valence-corrected chi connectivity index (χ4v) is 4.15. The van der Waals surface area contributed by atoms with Crippen molar-refractivity contribution in [3.8, 4) is 0 Å². The van der Waals surface area contributed by atoms with E-state index in [2.05, 4.69) is 9.88 Å². The normalized spacial score (nSPS) is 22.2. The molecule has 0 aliphatic carbocycles. The molecule has 3 rings (SSSR count). The molecule has 0 saturated carbocycles. The van der Waals surface area contributed by atoms with Crippen LogP contribution in [0.2, 0.25) is 0 Å². The number of carbonyl (C=O) groups is 1. The van der Waals surface area contributed by atoms with Gasteiger partial charge in [0, 0.05) is 31.0 Å². The second kappa shape index (κ2) is 8.13. The number of amides is 1. The number of piperidine rings is 2. The average molecular weight is 346 g/mol. The number of aromatic nitrogens is 2. The van der Waals surface area contributed by atoms with Crippen LogP contribution in [-0.4, -0.2) is 58.0 Å². The molecule has 2 aliphatic heterocycles. The van der Waals surface area contributed by atoms with E-state index in [1.54, 1.807) is 6.92 Å². The van der Waals surface area contributed by atoms with Crippen LogP contribution in [0.1, 0.15) is 43.5 Å². The highest BCUT2D eigenvalue weighted by molar-refractivity contribution is 5.76. The monoisotopic (exact) mass is 346 g/mol. The van der Waals surface area contributed by atoms with Gasteiger partial charge in [-0.25, -0.2) is 4.79 Å². The van der Waals surface area contributed by atoms with Crippen LogP contribution in [0.5, 0.6) is 0 Å². The number of carbonyl (C=O) groups excluding carboxylic acids is 1. The molecule has 0 aromatic carbocycles. The van der Waals surface area contributed by atoms with Crippen LogP contribution in [-0.2, 0) is 11.3 Å². The van der Waals surface area contributed by atoms with Crippen LogP contribution < -0.4 is 5.69 Å². The minimum absolute atomic E-state index is 0.0409. The van der Waals surface area contributed by atoms with Crippen LogP contribution in [0.4, 0.5) is 0 Å². The molecular weight excluding hydrogens is 316 g/mol. The molecule has 0 radical (unpaired) electrons. The molecule has 0 spiro atoms. The summed E-state index contributed by atoms with van der Waals surface area (Å²) in [6.45, 7) is 8.91. The van der Waals surface area contributed by atoms with Crippen LogP contribution in [0.15, 0.2) is 10.9 Å². The first kappa shape index (κ1) is 18.1. The largest absolute Gasteiger partial charge is 0.348 e. The van der Waals surface area contributed by atoms with E-state index >= 15 is 0 Å². The third-order valence-electron chi connectivity index (χ3n) is 5.48. The Bertz CT molecular complexity index is 664. The minimum Gasteiger partial charge on any atom is -0.341 e. The van der Waals surface area contributed by atoms with Crippen molar-refractivity contribution in [1.29, 1.82) is 0 Å². The van der Waals surface area contributed by atoms with Crippen molar-refractivity contribution in [1.82, 2.24) is 19.4 Å². The van der Waals surface area contributed by atoms with Crippen LogP contribution in [0.25, 0.3) is 0 Å². The van der Waals surface area contributed by atoms with Crippen molar-refractivity contribution in [3.63, 3.8) is 0 Å². The molecule has 1 aromatic rings. The summed E-state index contributed by atoms with van der Waals surface area (Å²) in [6, 6.07) is 1.85. The molecule has 3 heterocycles. The highest BCUT2D eigenvalue weighted by Gasteiger charge is 2.26. The molecule has 2 aliphatic rings. The molecule has 1 atom stereocenters. The number of rotatable bonds is 4. The quantitative estimate of drug-likeness (QED) is 0.831. The van der Waals surface area contributed by atoms with E-state index in [1.807, 2.05) is 17.9 Å². The molecule has 0 N–H and O–H groups in total. The summed E-state index contributed by atoms with van der Waals surface area (Å²) in [5.74, 6) is 0.601. The lowest BCUT2D eigenvalue weighted by atomic mass is 9.96. The molecular formula is C19H30N4O2. The van der Waals surface area contributed by atoms with Crippen molar-refractivity contribution in [2.75, 3.05) is 32.7 Å². The van der Waals surface area contributed by atoms with Gasteiger partial charge in [0.1, 0.15) is 6.54 Å². The molecule has 2 saturated heterocycles. The summed E-state index contributed by atoms with van der Waals surface area (Å²) in [6.07, 6.45) is 6.22. The van der Waals surface area contributed by atoms with Gasteiger partial charge < -0.3 is 9.80 Å². The zero-order valence-corrected chi connectivity index (χ0v) is 15.5. The number of nitrogens with zero attached hydrogens (tertiary/aromatic N) is 4. The highest BCUT2D eigenvalue weighted by atomic mass is 16.2. The summed E-state index contributed by atoms with van der Waals surface area (Å²) in [7, 11) is 0. The van der Waals surface area contributed by atoms with E-state index in [9.17, 15) is 9.59 Å². The second-order valence-corrected chi connectivity index (χ2v) is 7.62. The lowest BCUT2D eigenvalue weighted by Crippen LogP contribution is -2.46. The standard InChI is InChI=1S/C19H30N4O2/c1-15-11-16(2)23(19(25)20-15)14-18(24)22-10-6-7-17(13-22)12-21-8-4-3-5-9-21/h11,17H,3-10,12-14H2,1-2H3/t17-/m1/s1. The lowest BCUT2D eigenvalue weighted by molar-refractivity contribution is -0.133. The van der Waals surface area contributed by atoms with E-state index < -0.39 is 0 Å². The van der Waals surface area contributed by atoms with E-state index in [0.29, 0.717) is 11.6 Å². The summed E-state index contributed by atoms with van der Waals surface area (Å²) in [5.41, 5.74) is 1.17. The van der Waals surface area contributed by atoms with Gasteiger partial charge in [0.25, 0.3) is 0 Å². The molecule has 6 nitrogen and oxygen atoms in total. The number of aryl methyl sites for hydroxylation is 2. The van der Waals surface area contributed by atoms with Crippen molar-refractivity contribution in [2.24, 2.45) is 5.92 Å². The van der Waals surface area contributed by atoms with E-state index in [0.717, 1.165) is 31.7 Å². The first-order valence-corrected chi connectivity index (χ1v) is 9.58. The van der Waals surface area contributed by atoms with Crippen molar-refractivity contribution >= 4 is 5.91 Å². The molecule has 0 unspecified atom stereocenters. The Labute approximate surface area is 149 Å². The number of likely N-dealkylation sites (tertiary alicyclic amines) is 2. The maximum atomic E-state index is 12.7. The summed E-state index contributed by atoms with van der Waals surface area (Å²) < 4.78 is 1.49. The van der Waals surface area contributed by atoms with Gasteiger partial charge in [0.15, 0.2) is 0 Å². The molecule has 25 heavy (non-hydrogen) atoms. The third kappa shape index (κ3) is 4.69. The maximum absolute atomic E-state index is 12.7.